The van der Waals surface area contributed by atoms with Crippen molar-refractivity contribution in [3.8, 4) is 5.75 Å². The summed E-state index contributed by atoms with van der Waals surface area (Å²) >= 11 is 0. The van der Waals surface area contributed by atoms with Crippen LogP contribution in [-0.4, -0.2) is 36.4 Å². The van der Waals surface area contributed by atoms with Gasteiger partial charge in [-0.15, -0.1) is 13.2 Å². The minimum Gasteiger partial charge on any atom is -0.405 e. The van der Waals surface area contributed by atoms with Gasteiger partial charge in [0.05, 0.1) is 0 Å². The lowest BCUT2D eigenvalue weighted by Crippen LogP contribution is -2.56. The van der Waals surface area contributed by atoms with Gasteiger partial charge in [-0.3, -0.25) is 4.90 Å². The number of piperazine rings is 1. The highest BCUT2D eigenvalue weighted by Gasteiger charge is 2.35. The Labute approximate surface area is 140 Å². The Morgan fingerprint density at radius 1 is 1.29 bits per heavy atom. The first-order valence-electron chi connectivity index (χ1n) is 8.29. The van der Waals surface area contributed by atoms with Crippen molar-refractivity contribution in [3.63, 3.8) is 0 Å². The lowest BCUT2D eigenvalue weighted by molar-refractivity contribution is -0.275. The van der Waals surface area contributed by atoms with Gasteiger partial charge in [0.15, 0.2) is 0 Å². The van der Waals surface area contributed by atoms with Crippen LogP contribution in [0.3, 0.4) is 0 Å². The first-order chi connectivity index (χ1) is 11.2. The van der Waals surface area contributed by atoms with E-state index in [0.29, 0.717) is 11.6 Å². The SMILES string of the molecule is CC[C@H]1CN(C(C)c2ccc(F)cc2OC(F)(F)F)[C@H](CC)CN1. The van der Waals surface area contributed by atoms with E-state index in [0.717, 1.165) is 32.0 Å². The third-order valence-electron chi connectivity index (χ3n) is 4.66. The molecular formula is C17H24F4N2O. The van der Waals surface area contributed by atoms with Crippen molar-refractivity contribution < 1.29 is 22.3 Å². The fourth-order valence-electron chi connectivity index (χ4n) is 3.26. The summed E-state index contributed by atoms with van der Waals surface area (Å²) in [7, 11) is 0. The number of benzene rings is 1. The largest absolute Gasteiger partial charge is 0.573 e. The maximum Gasteiger partial charge on any atom is 0.573 e. The molecule has 2 rings (SSSR count). The molecule has 24 heavy (non-hydrogen) atoms. The van der Waals surface area contributed by atoms with Gasteiger partial charge in [-0.05, 0) is 25.8 Å². The number of rotatable bonds is 5. The van der Waals surface area contributed by atoms with E-state index in [1.54, 1.807) is 0 Å². The van der Waals surface area contributed by atoms with Crippen molar-refractivity contribution >= 4 is 0 Å². The van der Waals surface area contributed by atoms with Gasteiger partial charge in [-0.1, -0.05) is 19.9 Å². The first kappa shape index (κ1) is 19.0. The molecule has 7 heteroatoms. The maximum atomic E-state index is 13.4. The highest BCUT2D eigenvalue weighted by atomic mass is 19.4. The molecule has 1 fully saturated rings. The van der Waals surface area contributed by atoms with Crippen LogP contribution >= 0.6 is 0 Å². The topological polar surface area (TPSA) is 24.5 Å². The van der Waals surface area contributed by atoms with Crippen molar-refractivity contribution in [2.24, 2.45) is 0 Å². The van der Waals surface area contributed by atoms with Crippen LogP contribution in [0.15, 0.2) is 18.2 Å². The summed E-state index contributed by atoms with van der Waals surface area (Å²) in [5.74, 6) is -1.21. The van der Waals surface area contributed by atoms with E-state index in [4.69, 9.17) is 0 Å². The summed E-state index contributed by atoms with van der Waals surface area (Å²) in [6.45, 7) is 7.49. The Balaban J connectivity index is 2.31. The van der Waals surface area contributed by atoms with Crippen molar-refractivity contribution in [3.05, 3.63) is 29.6 Å². The van der Waals surface area contributed by atoms with Crippen LogP contribution in [-0.2, 0) is 0 Å². The van der Waals surface area contributed by atoms with Crippen LogP contribution < -0.4 is 10.1 Å². The van der Waals surface area contributed by atoms with Gasteiger partial charge in [0, 0.05) is 42.8 Å². The number of nitrogens with one attached hydrogen (secondary N) is 1. The predicted octanol–water partition coefficient (Wildman–Crippen LogP) is 4.25. The van der Waals surface area contributed by atoms with Crippen LogP contribution in [0.1, 0.15) is 45.2 Å². The molecule has 3 atom stereocenters. The van der Waals surface area contributed by atoms with Gasteiger partial charge in [0.2, 0.25) is 0 Å². The minimum atomic E-state index is -4.85. The molecule has 1 N–H and O–H groups in total. The molecule has 0 aliphatic carbocycles. The average molecular weight is 348 g/mol. The molecule has 1 unspecified atom stereocenters. The quantitative estimate of drug-likeness (QED) is 0.805. The van der Waals surface area contributed by atoms with E-state index < -0.39 is 17.9 Å². The molecule has 0 saturated carbocycles. The minimum absolute atomic E-state index is 0.214. The van der Waals surface area contributed by atoms with Crippen molar-refractivity contribution in [1.82, 2.24) is 10.2 Å². The molecule has 1 saturated heterocycles. The molecule has 0 spiro atoms. The second-order valence-corrected chi connectivity index (χ2v) is 6.18. The van der Waals surface area contributed by atoms with Gasteiger partial charge in [0.1, 0.15) is 11.6 Å². The molecule has 0 aromatic heterocycles. The van der Waals surface area contributed by atoms with E-state index in [2.05, 4.69) is 28.8 Å². The Kier molecular flexibility index (Phi) is 6.09. The van der Waals surface area contributed by atoms with E-state index >= 15 is 0 Å². The summed E-state index contributed by atoms with van der Waals surface area (Å²) in [5, 5.41) is 3.46. The lowest BCUT2D eigenvalue weighted by atomic mass is 9.98. The highest BCUT2D eigenvalue weighted by molar-refractivity contribution is 5.36. The molecular weight excluding hydrogens is 324 g/mol. The zero-order chi connectivity index (χ0) is 17.9. The standard InChI is InChI=1S/C17H24F4N2O/c1-4-13-10-23(14(5-2)9-22-13)11(3)15-7-6-12(18)8-16(15)24-17(19,20)21/h6-8,11,13-14,22H,4-5,9-10H2,1-3H3/t11?,13-,14+/m0/s1. The summed E-state index contributed by atoms with van der Waals surface area (Å²) in [5.41, 5.74) is 0.351. The number of nitrogens with zero attached hydrogens (tertiary/aromatic N) is 1. The molecule has 1 aromatic rings. The van der Waals surface area contributed by atoms with Crippen molar-refractivity contribution in [1.29, 1.82) is 0 Å². The molecule has 1 aliphatic heterocycles. The fraction of sp³-hybridized carbons (Fsp3) is 0.647. The molecule has 1 heterocycles. The van der Waals surface area contributed by atoms with Gasteiger partial charge >= 0.3 is 6.36 Å². The Morgan fingerprint density at radius 2 is 2.00 bits per heavy atom. The van der Waals surface area contributed by atoms with Gasteiger partial charge in [-0.25, -0.2) is 4.39 Å². The normalized spacial score (nSPS) is 24.0. The Morgan fingerprint density at radius 3 is 2.58 bits per heavy atom. The Hall–Kier alpha value is -1.34. The van der Waals surface area contributed by atoms with Crippen molar-refractivity contribution in [2.45, 2.75) is 58.1 Å². The molecule has 0 radical (unpaired) electrons. The van der Waals surface area contributed by atoms with Crippen LogP contribution in [0.5, 0.6) is 5.75 Å². The maximum absolute atomic E-state index is 13.4. The van der Waals surface area contributed by atoms with E-state index in [1.165, 1.54) is 12.1 Å². The third kappa shape index (κ3) is 4.60. The fourth-order valence-corrected chi connectivity index (χ4v) is 3.26. The second-order valence-electron chi connectivity index (χ2n) is 6.18. The van der Waals surface area contributed by atoms with Crippen LogP contribution in [0.4, 0.5) is 17.6 Å². The van der Waals surface area contributed by atoms with E-state index in [9.17, 15) is 17.6 Å². The van der Waals surface area contributed by atoms with Crippen LogP contribution in [0.25, 0.3) is 0 Å². The number of ether oxygens (including phenoxy) is 1. The Bertz CT molecular complexity index is 550. The number of hydrogen-bond acceptors (Lipinski definition) is 3. The second kappa shape index (κ2) is 7.70. The molecule has 0 bridgehead atoms. The van der Waals surface area contributed by atoms with E-state index in [1.807, 2.05) is 6.92 Å². The van der Waals surface area contributed by atoms with Crippen LogP contribution in [0.2, 0.25) is 0 Å². The van der Waals surface area contributed by atoms with Gasteiger partial charge in [0.25, 0.3) is 0 Å². The van der Waals surface area contributed by atoms with Gasteiger partial charge in [-0.2, -0.15) is 0 Å². The predicted molar refractivity (Wildman–Crippen MR) is 84.4 cm³/mol. The molecule has 1 aliphatic rings. The van der Waals surface area contributed by atoms with Crippen molar-refractivity contribution in [2.75, 3.05) is 13.1 Å². The zero-order valence-corrected chi connectivity index (χ0v) is 14.2. The number of hydrogen-bond donors (Lipinski definition) is 1. The highest BCUT2D eigenvalue weighted by Crippen LogP contribution is 2.35. The number of halogens is 4. The molecule has 0 amide bonds. The van der Waals surface area contributed by atoms with Gasteiger partial charge < -0.3 is 10.1 Å². The molecule has 3 nitrogen and oxygen atoms in total. The van der Waals surface area contributed by atoms with E-state index in [-0.39, 0.29) is 12.1 Å². The average Bonchev–Trinajstić information content (AvgIpc) is 2.52. The summed E-state index contributed by atoms with van der Waals surface area (Å²) in [6, 6.07) is 3.57. The smallest absolute Gasteiger partial charge is 0.405 e. The first-order valence-corrected chi connectivity index (χ1v) is 8.29. The van der Waals surface area contributed by atoms with Crippen LogP contribution in [0, 0.1) is 5.82 Å². The third-order valence-corrected chi connectivity index (χ3v) is 4.66. The monoisotopic (exact) mass is 348 g/mol. The zero-order valence-electron chi connectivity index (χ0n) is 14.2. The summed E-state index contributed by atoms with van der Waals surface area (Å²) in [4.78, 5) is 2.18. The summed E-state index contributed by atoms with van der Waals surface area (Å²) in [6.07, 6.45) is -3.03. The number of alkyl halides is 3. The lowest BCUT2D eigenvalue weighted by Gasteiger charge is -2.43. The summed E-state index contributed by atoms with van der Waals surface area (Å²) < 4.78 is 55.4. The molecule has 136 valence electrons. The molecule has 1 aromatic carbocycles.